The number of carboxylic acid groups (broad SMARTS) is 1. The Balaban J connectivity index is 2.91. The van der Waals surface area contributed by atoms with E-state index < -0.39 is 47.7 Å². The summed E-state index contributed by atoms with van der Waals surface area (Å²) in [5.74, 6) is -4.16. The molecule has 11 heteroatoms. The van der Waals surface area contributed by atoms with Crippen LogP contribution in [0.1, 0.15) is 53.4 Å². The molecule has 0 aromatic heterocycles. The lowest BCUT2D eigenvalue weighted by molar-refractivity contribution is -0.143. The van der Waals surface area contributed by atoms with Gasteiger partial charge < -0.3 is 32.1 Å². The molecule has 0 spiro atoms. The SMILES string of the molecule is CC(C)C(NC(=O)C(CCC(N)=O)NC(=O)C(NC(=O)C1CCCN1)C(C)C)C(=O)O. The first kappa shape index (κ1) is 26.3. The Morgan fingerprint density at radius 3 is 2.03 bits per heavy atom. The third-order valence-corrected chi connectivity index (χ3v) is 5.17. The maximum Gasteiger partial charge on any atom is 0.326 e. The van der Waals surface area contributed by atoms with E-state index in [4.69, 9.17) is 5.73 Å². The van der Waals surface area contributed by atoms with Crippen LogP contribution in [-0.4, -0.2) is 65.4 Å². The summed E-state index contributed by atoms with van der Waals surface area (Å²) < 4.78 is 0. The largest absolute Gasteiger partial charge is 0.480 e. The van der Waals surface area contributed by atoms with Crippen molar-refractivity contribution in [2.24, 2.45) is 17.6 Å². The van der Waals surface area contributed by atoms with Gasteiger partial charge >= 0.3 is 5.97 Å². The summed E-state index contributed by atoms with van der Waals surface area (Å²) in [6.45, 7) is 7.51. The minimum atomic E-state index is -1.21. The van der Waals surface area contributed by atoms with E-state index in [1.54, 1.807) is 27.7 Å². The monoisotopic (exact) mass is 441 g/mol. The highest BCUT2D eigenvalue weighted by Crippen LogP contribution is 2.10. The Bertz CT molecular complexity index is 675. The molecule has 1 rings (SSSR count). The molecule has 31 heavy (non-hydrogen) atoms. The molecule has 1 saturated heterocycles. The van der Waals surface area contributed by atoms with E-state index in [0.29, 0.717) is 6.42 Å². The van der Waals surface area contributed by atoms with E-state index in [-0.39, 0.29) is 30.7 Å². The van der Waals surface area contributed by atoms with Crippen LogP contribution in [0.5, 0.6) is 0 Å². The fraction of sp³-hybridized carbons (Fsp3) is 0.750. The van der Waals surface area contributed by atoms with Gasteiger partial charge in [0.1, 0.15) is 18.1 Å². The molecule has 176 valence electrons. The van der Waals surface area contributed by atoms with Crippen molar-refractivity contribution in [1.29, 1.82) is 0 Å². The van der Waals surface area contributed by atoms with Gasteiger partial charge in [0.05, 0.1) is 6.04 Å². The van der Waals surface area contributed by atoms with Gasteiger partial charge in [0.2, 0.25) is 23.6 Å². The van der Waals surface area contributed by atoms with Gasteiger partial charge in [-0.15, -0.1) is 0 Å². The molecule has 0 bridgehead atoms. The average Bonchev–Trinajstić information content (AvgIpc) is 3.20. The number of amides is 4. The summed E-state index contributed by atoms with van der Waals surface area (Å²) in [5, 5.41) is 20.0. The van der Waals surface area contributed by atoms with Crippen molar-refractivity contribution in [3.63, 3.8) is 0 Å². The van der Waals surface area contributed by atoms with E-state index >= 15 is 0 Å². The third kappa shape index (κ3) is 8.52. The van der Waals surface area contributed by atoms with Crippen molar-refractivity contribution < 1.29 is 29.1 Å². The van der Waals surface area contributed by atoms with Gasteiger partial charge in [-0.2, -0.15) is 0 Å². The summed E-state index contributed by atoms with van der Waals surface area (Å²) in [6, 6.07) is -3.61. The molecule has 0 aliphatic carbocycles. The van der Waals surface area contributed by atoms with Gasteiger partial charge in [-0.05, 0) is 37.6 Å². The highest BCUT2D eigenvalue weighted by atomic mass is 16.4. The minimum Gasteiger partial charge on any atom is -0.480 e. The van der Waals surface area contributed by atoms with Crippen LogP contribution < -0.4 is 27.0 Å². The highest BCUT2D eigenvalue weighted by molar-refractivity contribution is 5.94. The molecule has 0 saturated carbocycles. The topological polar surface area (TPSA) is 180 Å². The zero-order chi connectivity index (χ0) is 23.7. The zero-order valence-electron chi connectivity index (χ0n) is 18.6. The Hall–Kier alpha value is -2.69. The van der Waals surface area contributed by atoms with E-state index in [2.05, 4.69) is 21.3 Å². The van der Waals surface area contributed by atoms with Crippen LogP contribution >= 0.6 is 0 Å². The summed E-state index contributed by atoms with van der Waals surface area (Å²) in [7, 11) is 0. The molecular formula is C20H35N5O6. The molecule has 1 fully saturated rings. The number of rotatable bonds is 12. The van der Waals surface area contributed by atoms with Crippen molar-refractivity contribution in [2.45, 2.75) is 77.5 Å². The lowest BCUT2D eigenvalue weighted by Gasteiger charge is -2.27. The fourth-order valence-electron chi connectivity index (χ4n) is 3.28. The lowest BCUT2D eigenvalue weighted by Crippen LogP contribution is -2.58. The van der Waals surface area contributed by atoms with Crippen LogP contribution in [0, 0.1) is 11.8 Å². The molecule has 0 aromatic rings. The molecule has 11 nitrogen and oxygen atoms in total. The number of hydrogen-bond donors (Lipinski definition) is 6. The van der Waals surface area contributed by atoms with Crippen molar-refractivity contribution in [3.05, 3.63) is 0 Å². The maximum absolute atomic E-state index is 12.9. The zero-order valence-corrected chi connectivity index (χ0v) is 18.6. The normalized spacial score (nSPS) is 18.8. The summed E-state index contributed by atoms with van der Waals surface area (Å²) >= 11 is 0. The van der Waals surface area contributed by atoms with Gasteiger partial charge in [-0.1, -0.05) is 27.7 Å². The Morgan fingerprint density at radius 2 is 1.58 bits per heavy atom. The van der Waals surface area contributed by atoms with Crippen molar-refractivity contribution in [2.75, 3.05) is 6.54 Å². The molecule has 1 aliphatic rings. The van der Waals surface area contributed by atoms with Gasteiger partial charge in [0.15, 0.2) is 0 Å². The fourth-order valence-corrected chi connectivity index (χ4v) is 3.28. The van der Waals surface area contributed by atoms with Crippen LogP contribution in [-0.2, 0) is 24.0 Å². The van der Waals surface area contributed by atoms with Crippen LogP contribution in [0.4, 0.5) is 0 Å². The van der Waals surface area contributed by atoms with Crippen molar-refractivity contribution in [1.82, 2.24) is 21.3 Å². The number of carboxylic acids is 1. The van der Waals surface area contributed by atoms with Crippen LogP contribution in [0.3, 0.4) is 0 Å². The molecule has 4 atom stereocenters. The summed E-state index contributed by atoms with van der Waals surface area (Å²) in [4.78, 5) is 60.6. The first-order chi connectivity index (χ1) is 14.4. The molecule has 7 N–H and O–H groups in total. The quantitative estimate of drug-likeness (QED) is 0.221. The standard InChI is InChI=1S/C20H35N5O6/c1-10(2)15(24-17(27)12-6-5-9-22-12)19(29)23-13(7-8-14(21)26)18(28)25-16(11(3)4)20(30)31/h10-13,15-16,22H,5-9H2,1-4H3,(H2,21,26)(H,23,29)(H,24,27)(H,25,28)(H,30,31). The lowest BCUT2D eigenvalue weighted by atomic mass is 10.0. The smallest absolute Gasteiger partial charge is 0.326 e. The third-order valence-electron chi connectivity index (χ3n) is 5.17. The first-order valence-corrected chi connectivity index (χ1v) is 10.6. The van der Waals surface area contributed by atoms with E-state index in [9.17, 15) is 29.1 Å². The van der Waals surface area contributed by atoms with Gasteiger partial charge in [0, 0.05) is 6.42 Å². The Kier molecular flexibility index (Phi) is 10.4. The second-order valence-corrected chi connectivity index (χ2v) is 8.51. The number of nitrogens with two attached hydrogens (primary N) is 1. The molecule has 4 amide bonds. The molecular weight excluding hydrogens is 406 g/mol. The van der Waals surface area contributed by atoms with Crippen molar-refractivity contribution in [3.8, 4) is 0 Å². The average molecular weight is 442 g/mol. The molecule has 4 unspecified atom stereocenters. The van der Waals surface area contributed by atoms with Crippen molar-refractivity contribution >= 4 is 29.6 Å². The number of carbonyl (C=O) groups is 5. The Labute approximate surface area is 182 Å². The van der Waals surface area contributed by atoms with Crippen LogP contribution in [0.25, 0.3) is 0 Å². The molecule has 0 radical (unpaired) electrons. The van der Waals surface area contributed by atoms with E-state index in [0.717, 1.165) is 13.0 Å². The number of aliphatic carboxylic acids is 1. The highest BCUT2D eigenvalue weighted by Gasteiger charge is 2.33. The predicted octanol–water partition coefficient (Wildman–Crippen LogP) is -1.15. The van der Waals surface area contributed by atoms with Crippen LogP contribution in [0.15, 0.2) is 0 Å². The van der Waals surface area contributed by atoms with Gasteiger partial charge in [0.25, 0.3) is 0 Å². The second kappa shape index (κ2) is 12.2. The first-order valence-electron chi connectivity index (χ1n) is 10.6. The number of primary amides is 1. The number of carbonyl (C=O) groups excluding carboxylic acids is 4. The van der Waals surface area contributed by atoms with Gasteiger partial charge in [-0.3, -0.25) is 19.2 Å². The summed E-state index contributed by atoms with van der Waals surface area (Å²) in [6.07, 6.45) is 1.27. The molecule has 0 aromatic carbocycles. The maximum atomic E-state index is 12.9. The summed E-state index contributed by atoms with van der Waals surface area (Å²) in [5.41, 5.74) is 5.17. The minimum absolute atomic E-state index is 0.0969. The van der Waals surface area contributed by atoms with Crippen LogP contribution in [0.2, 0.25) is 0 Å². The molecule has 1 aliphatic heterocycles. The van der Waals surface area contributed by atoms with E-state index in [1.165, 1.54) is 0 Å². The number of hydrogen-bond acceptors (Lipinski definition) is 6. The second-order valence-electron chi connectivity index (χ2n) is 8.51. The molecule has 1 heterocycles. The Morgan fingerprint density at radius 1 is 0.968 bits per heavy atom. The van der Waals surface area contributed by atoms with E-state index in [1.807, 2.05) is 0 Å². The predicted molar refractivity (Wildman–Crippen MR) is 113 cm³/mol. The van der Waals surface area contributed by atoms with Gasteiger partial charge in [-0.25, -0.2) is 4.79 Å². The number of nitrogens with one attached hydrogen (secondary N) is 4.